The highest BCUT2D eigenvalue weighted by Gasteiger charge is 2.02. The zero-order valence-corrected chi connectivity index (χ0v) is 11.5. The van der Waals surface area contributed by atoms with E-state index in [9.17, 15) is 4.79 Å². The number of hydrogen-bond acceptors (Lipinski definition) is 3. The molecule has 0 atom stereocenters. The molecule has 1 rings (SSSR count). The number of nitrogens with one attached hydrogen (secondary N) is 2. The summed E-state index contributed by atoms with van der Waals surface area (Å²) in [6.07, 6.45) is 0.730. The van der Waals surface area contributed by atoms with E-state index in [-0.39, 0.29) is 18.7 Å². The maximum atomic E-state index is 11.5. The summed E-state index contributed by atoms with van der Waals surface area (Å²) in [5.74, 6) is 0. The van der Waals surface area contributed by atoms with Crippen molar-refractivity contribution in [3.8, 4) is 0 Å². The summed E-state index contributed by atoms with van der Waals surface area (Å²) in [6.45, 7) is 5.02. The Kier molecular flexibility index (Phi) is 6.92. The Labute approximate surface area is 114 Å². The largest absolute Gasteiger partial charge is 0.396 e. The van der Waals surface area contributed by atoms with Crippen molar-refractivity contribution in [1.82, 2.24) is 5.32 Å². The molecule has 1 aromatic rings. The lowest BCUT2D eigenvalue weighted by molar-refractivity contribution is 0.0657. The summed E-state index contributed by atoms with van der Waals surface area (Å²) in [5.41, 5.74) is 1.74. The first-order chi connectivity index (χ1) is 9.11. The minimum Gasteiger partial charge on any atom is -0.396 e. The van der Waals surface area contributed by atoms with E-state index in [2.05, 4.69) is 10.6 Å². The number of urea groups is 1. The zero-order chi connectivity index (χ0) is 14.1. The van der Waals surface area contributed by atoms with Crippen molar-refractivity contribution >= 4 is 11.7 Å². The molecular weight excluding hydrogens is 244 g/mol. The molecule has 0 spiro atoms. The van der Waals surface area contributed by atoms with Gasteiger partial charge in [0.1, 0.15) is 0 Å². The molecule has 0 bridgehead atoms. The molecule has 0 aliphatic rings. The second kappa shape index (κ2) is 8.50. The van der Waals surface area contributed by atoms with Gasteiger partial charge in [0.2, 0.25) is 0 Å². The summed E-state index contributed by atoms with van der Waals surface area (Å²) in [6, 6.07) is 7.27. The van der Waals surface area contributed by atoms with Crippen LogP contribution in [0.4, 0.5) is 10.5 Å². The van der Waals surface area contributed by atoms with Gasteiger partial charge in [-0.2, -0.15) is 0 Å². The maximum Gasteiger partial charge on any atom is 0.319 e. The minimum atomic E-state index is -0.268. The summed E-state index contributed by atoms with van der Waals surface area (Å²) in [4.78, 5) is 11.5. The summed E-state index contributed by atoms with van der Waals surface area (Å²) in [5, 5.41) is 14.0. The lowest BCUT2D eigenvalue weighted by Crippen LogP contribution is -2.29. The second-order valence-electron chi connectivity index (χ2n) is 4.52. The van der Waals surface area contributed by atoms with Crippen LogP contribution in [0.5, 0.6) is 0 Å². The third kappa shape index (κ3) is 6.79. The maximum absolute atomic E-state index is 11.5. The van der Waals surface area contributed by atoms with Gasteiger partial charge in [0.05, 0.1) is 12.7 Å². The van der Waals surface area contributed by atoms with E-state index >= 15 is 0 Å². The molecule has 1 aromatic carbocycles. The van der Waals surface area contributed by atoms with Crippen molar-refractivity contribution in [2.45, 2.75) is 33.0 Å². The number of ether oxygens (including phenoxy) is 1. The zero-order valence-electron chi connectivity index (χ0n) is 11.5. The first-order valence-electron chi connectivity index (χ1n) is 6.48. The summed E-state index contributed by atoms with van der Waals surface area (Å²) < 4.78 is 5.51. The Morgan fingerprint density at radius 3 is 2.89 bits per heavy atom. The predicted octanol–water partition coefficient (Wildman–Crippen LogP) is 2.12. The molecule has 0 aromatic heterocycles. The minimum absolute atomic E-state index is 0.0717. The van der Waals surface area contributed by atoms with Gasteiger partial charge < -0.3 is 20.5 Å². The van der Waals surface area contributed by atoms with E-state index in [1.165, 1.54) is 0 Å². The highest BCUT2D eigenvalue weighted by Crippen LogP contribution is 2.12. The number of aliphatic hydroxyl groups is 1. The fourth-order valence-electron chi connectivity index (χ4n) is 1.46. The van der Waals surface area contributed by atoms with Gasteiger partial charge in [-0.1, -0.05) is 12.1 Å². The van der Waals surface area contributed by atoms with E-state index in [0.29, 0.717) is 19.6 Å². The molecule has 3 N–H and O–H groups in total. The van der Waals surface area contributed by atoms with Gasteiger partial charge in [-0.3, -0.25) is 0 Å². The normalized spacial score (nSPS) is 10.5. The molecule has 0 fully saturated rings. The number of carbonyl (C=O) groups is 1. The first kappa shape index (κ1) is 15.5. The molecular formula is C14H22N2O3. The number of anilines is 1. The van der Waals surface area contributed by atoms with Crippen LogP contribution in [-0.2, 0) is 11.3 Å². The number of rotatable bonds is 7. The van der Waals surface area contributed by atoms with Crippen LogP contribution in [0.15, 0.2) is 24.3 Å². The Hall–Kier alpha value is -1.59. The predicted molar refractivity (Wildman–Crippen MR) is 75.1 cm³/mol. The van der Waals surface area contributed by atoms with Gasteiger partial charge >= 0.3 is 6.03 Å². The fraction of sp³-hybridized carbons (Fsp3) is 0.500. The molecule has 2 amide bonds. The lowest BCUT2D eigenvalue weighted by Gasteiger charge is -2.10. The molecule has 5 heteroatoms. The standard InChI is InChI=1S/C14H22N2O3/c1-11(2)19-10-12-5-3-6-13(9-12)16-14(18)15-7-4-8-17/h3,5-6,9,11,17H,4,7-8,10H2,1-2H3,(H2,15,16,18). The Balaban J connectivity index is 2.45. The highest BCUT2D eigenvalue weighted by atomic mass is 16.5. The molecule has 0 radical (unpaired) electrons. The van der Waals surface area contributed by atoms with E-state index in [1.54, 1.807) is 0 Å². The summed E-state index contributed by atoms with van der Waals surface area (Å²) >= 11 is 0. The third-order valence-corrected chi connectivity index (χ3v) is 2.39. The van der Waals surface area contributed by atoms with E-state index < -0.39 is 0 Å². The summed E-state index contributed by atoms with van der Waals surface area (Å²) in [7, 11) is 0. The Bertz CT molecular complexity index is 394. The van der Waals surface area contributed by atoms with Crippen molar-refractivity contribution in [2.75, 3.05) is 18.5 Å². The monoisotopic (exact) mass is 266 g/mol. The molecule has 0 aliphatic carbocycles. The molecule has 0 saturated heterocycles. The van der Waals surface area contributed by atoms with E-state index in [4.69, 9.17) is 9.84 Å². The molecule has 0 saturated carbocycles. The number of amides is 2. The van der Waals surface area contributed by atoms with Crippen molar-refractivity contribution < 1.29 is 14.6 Å². The molecule has 0 aliphatic heterocycles. The fourth-order valence-corrected chi connectivity index (χ4v) is 1.46. The average Bonchev–Trinajstić information content (AvgIpc) is 2.37. The van der Waals surface area contributed by atoms with Crippen LogP contribution in [0, 0.1) is 0 Å². The molecule has 0 heterocycles. The van der Waals surface area contributed by atoms with Gasteiger partial charge in [-0.05, 0) is 38.0 Å². The second-order valence-corrected chi connectivity index (χ2v) is 4.52. The van der Waals surface area contributed by atoms with Crippen molar-refractivity contribution in [3.05, 3.63) is 29.8 Å². The van der Waals surface area contributed by atoms with Gasteiger partial charge in [-0.15, -0.1) is 0 Å². The van der Waals surface area contributed by atoms with E-state index in [0.717, 1.165) is 11.3 Å². The first-order valence-corrected chi connectivity index (χ1v) is 6.48. The highest BCUT2D eigenvalue weighted by molar-refractivity contribution is 5.89. The Morgan fingerprint density at radius 2 is 2.21 bits per heavy atom. The van der Waals surface area contributed by atoms with Gasteiger partial charge in [0, 0.05) is 18.8 Å². The van der Waals surface area contributed by atoms with Crippen LogP contribution in [0.3, 0.4) is 0 Å². The number of benzene rings is 1. The van der Waals surface area contributed by atoms with Gasteiger partial charge in [-0.25, -0.2) is 4.79 Å². The van der Waals surface area contributed by atoms with Gasteiger partial charge in [0.25, 0.3) is 0 Å². The van der Waals surface area contributed by atoms with Gasteiger partial charge in [0.15, 0.2) is 0 Å². The van der Waals surface area contributed by atoms with Crippen LogP contribution in [0.25, 0.3) is 0 Å². The van der Waals surface area contributed by atoms with Crippen LogP contribution in [0.1, 0.15) is 25.8 Å². The quantitative estimate of drug-likeness (QED) is 0.662. The van der Waals surface area contributed by atoms with Crippen molar-refractivity contribution in [3.63, 3.8) is 0 Å². The number of aliphatic hydroxyl groups excluding tert-OH is 1. The SMILES string of the molecule is CC(C)OCc1cccc(NC(=O)NCCCO)c1. The van der Waals surface area contributed by atoms with Crippen LogP contribution in [-0.4, -0.2) is 30.4 Å². The Morgan fingerprint density at radius 1 is 1.42 bits per heavy atom. The smallest absolute Gasteiger partial charge is 0.319 e. The van der Waals surface area contributed by atoms with Crippen molar-refractivity contribution in [2.24, 2.45) is 0 Å². The average molecular weight is 266 g/mol. The van der Waals surface area contributed by atoms with E-state index in [1.807, 2.05) is 38.1 Å². The van der Waals surface area contributed by atoms with Crippen LogP contribution < -0.4 is 10.6 Å². The third-order valence-electron chi connectivity index (χ3n) is 2.39. The lowest BCUT2D eigenvalue weighted by atomic mass is 10.2. The number of hydrogen-bond donors (Lipinski definition) is 3. The topological polar surface area (TPSA) is 70.6 Å². The molecule has 5 nitrogen and oxygen atoms in total. The molecule has 19 heavy (non-hydrogen) atoms. The number of carbonyl (C=O) groups excluding carboxylic acids is 1. The molecule has 106 valence electrons. The van der Waals surface area contributed by atoms with Crippen LogP contribution in [0.2, 0.25) is 0 Å². The molecule has 0 unspecified atom stereocenters. The van der Waals surface area contributed by atoms with Crippen molar-refractivity contribution in [1.29, 1.82) is 0 Å². The van der Waals surface area contributed by atoms with Crippen LogP contribution >= 0.6 is 0 Å².